The second-order valence-electron chi connectivity index (χ2n) is 6.59. The van der Waals surface area contributed by atoms with Crippen molar-refractivity contribution in [1.29, 1.82) is 0 Å². The Morgan fingerprint density at radius 2 is 2.29 bits per heavy atom. The molecule has 1 saturated heterocycles. The van der Waals surface area contributed by atoms with Gasteiger partial charge >= 0.3 is 0 Å². The molecule has 0 radical (unpaired) electrons. The van der Waals surface area contributed by atoms with Crippen LogP contribution in [0.1, 0.15) is 45.1 Å². The molecule has 24 heavy (non-hydrogen) atoms. The number of amides is 1. The molecule has 7 nitrogen and oxygen atoms in total. The van der Waals surface area contributed by atoms with Gasteiger partial charge in [0, 0.05) is 51.3 Å². The number of hydrogen-bond donors (Lipinski definition) is 2. The van der Waals surface area contributed by atoms with Crippen LogP contribution in [0.4, 0.5) is 0 Å². The van der Waals surface area contributed by atoms with Crippen LogP contribution in [0, 0.1) is 0 Å². The van der Waals surface area contributed by atoms with Gasteiger partial charge in [-0.15, -0.1) is 0 Å². The standard InChI is InChI=1S/C17H30N6O/c1-5-18-17(19-8-6-16(24)21-13(2)3)23-9-7-14(12-23)15-10-20-22(4)11-15/h10-11,13-14H,5-9,12H2,1-4H3,(H,18,19)(H,21,24). The van der Waals surface area contributed by atoms with Gasteiger partial charge in [-0.05, 0) is 32.8 Å². The van der Waals surface area contributed by atoms with E-state index < -0.39 is 0 Å². The first-order valence-electron chi connectivity index (χ1n) is 8.80. The summed E-state index contributed by atoms with van der Waals surface area (Å²) >= 11 is 0. The topological polar surface area (TPSA) is 74.6 Å². The Morgan fingerprint density at radius 1 is 1.50 bits per heavy atom. The summed E-state index contributed by atoms with van der Waals surface area (Å²) in [5.74, 6) is 1.45. The predicted octanol–water partition coefficient (Wildman–Crippen LogP) is 1.09. The van der Waals surface area contributed by atoms with E-state index in [4.69, 9.17) is 0 Å². The number of carbonyl (C=O) groups is 1. The highest BCUT2D eigenvalue weighted by atomic mass is 16.1. The Morgan fingerprint density at radius 3 is 2.92 bits per heavy atom. The molecule has 0 bridgehead atoms. The third kappa shape index (κ3) is 5.25. The van der Waals surface area contributed by atoms with Gasteiger partial charge < -0.3 is 15.5 Å². The summed E-state index contributed by atoms with van der Waals surface area (Å²) in [6.07, 6.45) is 5.57. The van der Waals surface area contributed by atoms with Crippen molar-refractivity contribution in [1.82, 2.24) is 25.3 Å². The number of aliphatic imine (C=N–C) groups is 1. The zero-order valence-corrected chi connectivity index (χ0v) is 15.2. The summed E-state index contributed by atoms with van der Waals surface area (Å²) in [5, 5.41) is 10.5. The SMILES string of the molecule is CCNC(=NCCC(=O)NC(C)C)N1CCC(c2cnn(C)c2)C1. The largest absolute Gasteiger partial charge is 0.357 e. The number of hydrogen-bond acceptors (Lipinski definition) is 3. The fourth-order valence-electron chi connectivity index (χ4n) is 2.96. The third-order valence-corrected chi connectivity index (χ3v) is 4.07. The van der Waals surface area contributed by atoms with Crippen LogP contribution >= 0.6 is 0 Å². The number of likely N-dealkylation sites (tertiary alicyclic amines) is 1. The molecule has 1 amide bonds. The Hall–Kier alpha value is -2.05. The highest BCUT2D eigenvalue weighted by molar-refractivity contribution is 5.81. The summed E-state index contributed by atoms with van der Waals surface area (Å²) in [7, 11) is 1.95. The van der Waals surface area contributed by atoms with E-state index >= 15 is 0 Å². The van der Waals surface area contributed by atoms with Gasteiger partial charge in [-0.3, -0.25) is 14.5 Å². The summed E-state index contributed by atoms with van der Waals surface area (Å²) in [4.78, 5) is 18.6. The first-order chi connectivity index (χ1) is 11.5. The van der Waals surface area contributed by atoms with E-state index in [-0.39, 0.29) is 11.9 Å². The fourth-order valence-corrected chi connectivity index (χ4v) is 2.96. The molecule has 0 spiro atoms. The molecule has 1 fully saturated rings. The molecular weight excluding hydrogens is 304 g/mol. The van der Waals surface area contributed by atoms with Gasteiger partial charge in [0.2, 0.25) is 5.91 Å². The Kier molecular flexibility index (Phi) is 6.63. The second kappa shape index (κ2) is 8.70. The van der Waals surface area contributed by atoms with E-state index in [1.165, 1.54) is 5.56 Å². The number of carbonyl (C=O) groups excluding carboxylic acids is 1. The van der Waals surface area contributed by atoms with Crippen LogP contribution in [0.5, 0.6) is 0 Å². The van der Waals surface area contributed by atoms with E-state index in [0.29, 0.717) is 18.9 Å². The minimum absolute atomic E-state index is 0.0549. The van der Waals surface area contributed by atoms with Crippen molar-refractivity contribution in [3.63, 3.8) is 0 Å². The van der Waals surface area contributed by atoms with Gasteiger partial charge in [-0.25, -0.2) is 0 Å². The molecule has 134 valence electrons. The fraction of sp³-hybridized carbons (Fsp3) is 0.706. The maximum Gasteiger partial charge on any atom is 0.222 e. The van der Waals surface area contributed by atoms with Crippen LogP contribution in [0.3, 0.4) is 0 Å². The maximum absolute atomic E-state index is 11.7. The smallest absolute Gasteiger partial charge is 0.222 e. The van der Waals surface area contributed by atoms with Crippen LogP contribution in [0.15, 0.2) is 17.4 Å². The van der Waals surface area contributed by atoms with Crippen LogP contribution in [-0.2, 0) is 11.8 Å². The molecule has 1 aromatic heterocycles. The normalized spacial score (nSPS) is 18.3. The monoisotopic (exact) mass is 334 g/mol. The molecule has 2 N–H and O–H groups in total. The molecule has 1 aliphatic rings. The highest BCUT2D eigenvalue weighted by Crippen LogP contribution is 2.26. The Bertz CT molecular complexity index is 565. The van der Waals surface area contributed by atoms with Crippen LogP contribution in [-0.4, -0.2) is 58.8 Å². The van der Waals surface area contributed by atoms with E-state index in [2.05, 4.69) is 38.7 Å². The summed E-state index contributed by atoms with van der Waals surface area (Å²) < 4.78 is 1.85. The molecule has 7 heteroatoms. The lowest BCUT2D eigenvalue weighted by atomic mass is 10.0. The van der Waals surface area contributed by atoms with Crippen LogP contribution in [0.25, 0.3) is 0 Å². The minimum atomic E-state index is 0.0549. The quantitative estimate of drug-likeness (QED) is 0.603. The lowest BCUT2D eigenvalue weighted by molar-refractivity contribution is -0.121. The molecule has 0 saturated carbocycles. The van der Waals surface area contributed by atoms with Crippen molar-refractivity contribution in [3.8, 4) is 0 Å². The van der Waals surface area contributed by atoms with Gasteiger partial charge in [0.05, 0.1) is 12.7 Å². The van der Waals surface area contributed by atoms with Gasteiger partial charge in [0.25, 0.3) is 0 Å². The van der Waals surface area contributed by atoms with Crippen molar-refractivity contribution in [2.24, 2.45) is 12.0 Å². The van der Waals surface area contributed by atoms with Crippen molar-refractivity contribution in [2.75, 3.05) is 26.2 Å². The van der Waals surface area contributed by atoms with E-state index in [9.17, 15) is 4.79 Å². The van der Waals surface area contributed by atoms with E-state index in [0.717, 1.165) is 32.0 Å². The van der Waals surface area contributed by atoms with Crippen LogP contribution < -0.4 is 10.6 Å². The average Bonchev–Trinajstić information content (AvgIpc) is 3.14. The van der Waals surface area contributed by atoms with Gasteiger partial charge in [-0.2, -0.15) is 5.10 Å². The first kappa shape index (κ1) is 18.3. The summed E-state index contributed by atoms with van der Waals surface area (Å²) in [6.45, 7) is 9.25. The molecule has 2 rings (SSSR count). The Labute approximate surface area is 144 Å². The minimum Gasteiger partial charge on any atom is -0.357 e. The predicted molar refractivity (Wildman–Crippen MR) is 96.0 cm³/mol. The molecular formula is C17H30N6O. The van der Waals surface area contributed by atoms with Crippen molar-refractivity contribution >= 4 is 11.9 Å². The number of nitrogens with zero attached hydrogens (tertiary/aromatic N) is 4. The number of aryl methyl sites for hydroxylation is 1. The lowest BCUT2D eigenvalue weighted by Crippen LogP contribution is -2.40. The molecule has 1 aliphatic heterocycles. The maximum atomic E-state index is 11.7. The van der Waals surface area contributed by atoms with Crippen molar-refractivity contribution in [3.05, 3.63) is 18.0 Å². The van der Waals surface area contributed by atoms with Crippen molar-refractivity contribution in [2.45, 2.75) is 45.6 Å². The van der Waals surface area contributed by atoms with Gasteiger partial charge in [-0.1, -0.05) is 0 Å². The molecule has 0 aliphatic carbocycles. The number of nitrogens with one attached hydrogen (secondary N) is 2. The zero-order chi connectivity index (χ0) is 17.5. The van der Waals surface area contributed by atoms with Gasteiger partial charge in [0.1, 0.15) is 0 Å². The summed E-state index contributed by atoms with van der Waals surface area (Å²) in [6, 6.07) is 0.175. The van der Waals surface area contributed by atoms with Crippen LogP contribution in [0.2, 0.25) is 0 Å². The Balaban J connectivity index is 1.90. The highest BCUT2D eigenvalue weighted by Gasteiger charge is 2.26. The number of rotatable bonds is 6. The molecule has 2 heterocycles. The first-order valence-corrected chi connectivity index (χ1v) is 8.80. The summed E-state index contributed by atoms with van der Waals surface area (Å²) in [5.41, 5.74) is 1.28. The number of guanidine groups is 1. The third-order valence-electron chi connectivity index (χ3n) is 4.07. The van der Waals surface area contributed by atoms with E-state index in [1.54, 1.807) is 0 Å². The van der Waals surface area contributed by atoms with Gasteiger partial charge in [0.15, 0.2) is 5.96 Å². The molecule has 0 aromatic carbocycles. The second-order valence-corrected chi connectivity index (χ2v) is 6.59. The van der Waals surface area contributed by atoms with Crippen molar-refractivity contribution < 1.29 is 4.79 Å². The zero-order valence-electron chi connectivity index (χ0n) is 15.2. The number of aromatic nitrogens is 2. The lowest BCUT2D eigenvalue weighted by Gasteiger charge is -2.21. The molecule has 1 atom stereocenters. The average molecular weight is 334 g/mol. The molecule has 1 unspecified atom stereocenters. The molecule has 1 aromatic rings. The van der Waals surface area contributed by atoms with E-state index in [1.807, 2.05) is 31.8 Å².